The highest BCUT2D eigenvalue weighted by Crippen LogP contribution is 2.35. The van der Waals surface area contributed by atoms with E-state index < -0.39 is 5.82 Å². The van der Waals surface area contributed by atoms with Crippen molar-refractivity contribution in [1.82, 2.24) is 9.88 Å². The topological polar surface area (TPSA) is 33.2 Å². The Morgan fingerprint density at radius 1 is 1.08 bits per heavy atom. The Morgan fingerprint density at radius 3 is 2.76 bits per heavy atom. The van der Waals surface area contributed by atoms with Crippen LogP contribution in [0.2, 0.25) is 0 Å². The molecule has 1 atom stereocenters. The number of amides is 1. The maximum absolute atomic E-state index is 13.6. The first-order chi connectivity index (χ1) is 12.2. The molecule has 1 amide bonds. The zero-order valence-electron chi connectivity index (χ0n) is 13.6. The molecular formula is C21H17FN2O. The van der Waals surface area contributed by atoms with Crippen LogP contribution in [-0.2, 0) is 6.42 Å². The number of hydrogen-bond donors (Lipinski definition) is 0. The smallest absolute Gasteiger partial charge is 0.254 e. The van der Waals surface area contributed by atoms with Crippen molar-refractivity contribution in [1.29, 1.82) is 0 Å². The molecule has 1 aliphatic heterocycles. The van der Waals surface area contributed by atoms with Crippen LogP contribution in [0, 0.1) is 5.82 Å². The van der Waals surface area contributed by atoms with Crippen LogP contribution in [0.25, 0.3) is 0 Å². The van der Waals surface area contributed by atoms with Gasteiger partial charge in [0, 0.05) is 24.5 Å². The minimum Gasteiger partial charge on any atom is -0.327 e. The zero-order valence-corrected chi connectivity index (χ0v) is 13.6. The third-order valence-corrected chi connectivity index (χ3v) is 4.62. The quantitative estimate of drug-likeness (QED) is 0.710. The maximum Gasteiger partial charge on any atom is 0.254 e. The second kappa shape index (κ2) is 6.48. The summed E-state index contributed by atoms with van der Waals surface area (Å²) in [5, 5.41) is 0. The molecular weight excluding hydrogens is 315 g/mol. The summed E-state index contributed by atoms with van der Waals surface area (Å²) in [6.07, 6.45) is 4.30. The molecule has 2 heterocycles. The van der Waals surface area contributed by atoms with Crippen LogP contribution >= 0.6 is 0 Å². The minimum absolute atomic E-state index is 0.164. The summed E-state index contributed by atoms with van der Waals surface area (Å²) in [5.74, 6) is -0.566. The second-order valence-electron chi connectivity index (χ2n) is 6.15. The van der Waals surface area contributed by atoms with Gasteiger partial charge < -0.3 is 4.90 Å². The van der Waals surface area contributed by atoms with Crippen LogP contribution in [0.4, 0.5) is 4.39 Å². The number of hydrogen-bond acceptors (Lipinski definition) is 2. The zero-order chi connectivity index (χ0) is 17.2. The third kappa shape index (κ3) is 2.91. The van der Waals surface area contributed by atoms with Crippen molar-refractivity contribution in [2.24, 2.45) is 0 Å². The van der Waals surface area contributed by atoms with Gasteiger partial charge in [0.15, 0.2) is 0 Å². The molecule has 0 saturated carbocycles. The number of aromatic nitrogens is 1. The molecule has 124 valence electrons. The Balaban J connectivity index is 1.80. The van der Waals surface area contributed by atoms with Gasteiger partial charge in [-0.25, -0.2) is 4.39 Å². The maximum atomic E-state index is 13.6. The fourth-order valence-corrected chi connectivity index (χ4v) is 3.47. The number of halogens is 1. The van der Waals surface area contributed by atoms with E-state index in [0.29, 0.717) is 12.1 Å². The molecule has 1 aromatic heterocycles. The normalized spacial score (nSPS) is 16.4. The van der Waals surface area contributed by atoms with Crippen LogP contribution in [0.1, 0.15) is 33.1 Å². The summed E-state index contributed by atoms with van der Waals surface area (Å²) in [5.41, 5.74) is 3.67. The first kappa shape index (κ1) is 15.5. The van der Waals surface area contributed by atoms with Crippen molar-refractivity contribution in [2.75, 3.05) is 6.54 Å². The van der Waals surface area contributed by atoms with E-state index in [0.717, 1.165) is 17.5 Å². The van der Waals surface area contributed by atoms with E-state index in [1.807, 2.05) is 29.2 Å². The van der Waals surface area contributed by atoms with Gasteiger partial charge in [-0.1, -0.05) is 36.4 Å². The van der Waals surface area contributed by atoms with Crippen LogP contribution in [-0.4, -0.2) is 22.3 Å². The molecule has 0 radical (unpaired) electrons. The third-order valence-electron chi connectivity index (χ3n) is 4.62. The van der Waals surface area contributed by atoms with Gasteiger partial charge in [0.1, 0.15) is 5.82 Å². The minimum atomic E-state index is -0.402. The summed E-state index contributed by atoms with van der Waals surface area (Å²) >= 11 is 0. The van der Waals surface area contributed by atoms with Crippen molar-refractivity contribution in [3.8, 4) is 0 Å². The van der Waals surface area contributed by atoms with E-state index in [-0.39, 0.29) is 11.9 Å². The molecule has 1 aliphatic rings. The van der Waals surface area contributed by atoms with Gasteiger partial charge in [0.2, 0.25) is 0 Å². The highest BCUT2D eigenvalue weighted by Gasteiger charge is 2.32. The Hall–Kier alpha value is -3.01. The van der Waals surface area contributed by atoms with E-state index in [1.165, 1.54) is 17.7 Å². The van der Waals surface area contributed by atoms with Crippen molar-refractivity contribution >= 4 is 5.91 Å². The first-order valence-electron chi connectivity index (χ1n) is 8.28. The van der Waals surface area contributed by atoms with E-state index >= 15 is 0 Å². The number of carbonyl (C=O) groups excluding carboxylic acids is 1. The predicted octanol–water partition coefficient (Wildman–Crippen LogP) is 4.01. The lowest BCUT2D eigenvalue weighted by molar-refractivity contribution is 0.0694. The Bertz CT molecular complexity index is 911. The first-order valence-corrected chi connectivity index (χ1v) is 8.28. The molecule has 25 heavy (non-hydrogen) atoms. The van der Waals surface area contributed by atoms with Gasteiger partial charge in [-0.15, -0.1) is 0 Å². The number of pyridine rings is 1. The lowest BCUT2D eigenvalue weighted by Gasteiger charge is -2.37. The highest BCUT2D eigenvalue weighted by atomic mass is 19.1. The van der Waals surface area contributed by atoms with Crippen molar-refractivity contribution in [2.45, 2.75) is 12.5 Å². The summed E-state index contributed by atoms with van der Waals surface area (Å²) in [6, 6.07) is 17.7. The van der Waals surface area contributed by atoms with Crippen molar-refractivity contribution in [3.63, 3.8) is 0 Å². The standard InChI is InChI=1S/C21H17FN2O/c22-18-8-3-6-16(13-18)21(25)24-12-10-15-5-1-2-9-19(15)20(24)17-7-4-11-23-14-17/h1-9,11,13-14,20H,10,12H2. The molecule has 3 aromatic rings. The molecule has 0 aliphatic carbocycles. The summed E-state index contributed by atoms with van der Waals surface area (Å²) < 4.78 is 13.6. The largest absolute Gasteiger partial charge is 0.327 e. The highest BCUT2D eigenvalue weighted by molar-refractivity contribution is 5.95. The molecule has 3 nitrogen and oxygen atoms in total. The molecule has 0 fully saturated rings. The van der Waals surface area contributed by atoms with Crippen LogP contribution in [0.5, 0.6) is 0 Å². The van der Waals surface area contributed by atoms with E-state index in [9.17, 15) is 9.18 Å². The van der Waals surface area contributed by atoms with Crippen molar-refractivity contribution in [3.05, 3.63) is 101 Å². The lowest BCUT2D eigenvalue weighted by atomic mass is 9.88. The van der Waals surface area contributed by atoms with Gasteiger partial charge in [0.05, 0.1) is 6.04 Å². The second-order valence-corrected chi connectivity index (χ2v) is 6.15. The van der Waals surface area contributed by atoms with Gasteiger partial charge in [0.25, 0.3) is 5.91 Å². The number of nitrogens with zero attached hydrogens (tertiary/aromatic N) is 2. The number of benzene rings is 2. The fraction of sp³-hybridized carbons (Fsp3) is 0.143. The van der Waals surface area contributed by atoms with Crippen LogP contribution in [0.15, 0.2) is 73.1 Å². The lowest BCUT2D eigenvalue weighted by Crippen LogP contribution is -2.40. The molecule has 0 saturated heterocycles. The van der Waals surface area contributed by atoms with E-state index in [2.05, 4.69) is 17.1 Å². The molecule has 0 bridgehead atoms. The molecule has 1 unspecified atom stereocenters. The number of rotatable bonds is 2. The summed E-state index contributed by atoms with van der Waals surface area (Å²) in [6.45, 7) is 0.589. The Labute approximate surface area is 145 Å². The van der Waals surface area contributed by atoms with Crippen LogP contribution < -0.4 is 0 Å². The van der Waals surface area contributed by atoms with Gasteiger partial charge in [-0.3, -0.25) is 9.78 Å². The van der Waals surface area contributed by atoms with Crippen molar-refractivity contribution < 1.29 is 9.18 Å². The summed E-state index contributed by atoms with van der Waals surface area (Å²) in [4.78, 5) is 19.1. The average Bonchev–Trinajstić information content (AvgIpc) is 2.67. The average molecular weight is 332 g/mol. The molecule has 0 spiro atoms. The Morgan fingerprint density at radius 2 is 1.96 bits per heavy atom. The number of carbonyl (C=O) groups is 1. The number of fused-ring (bicyclic) bond motifs is 1. The van der Waals surface area contributed by atoms with Gasteiger partial charge in [-0.2, -0.15) is 0 Å². The molecule has 4 heteroatoms. The monoisotopic (exact) mass is 332 g/mol. The van der Waals surface area contributed by atoms with E-state index in [4.69, 9.17) is 0 Å². The molecule has 0 N–H and O–H groups in total. The molecule has 2 aromatic carbocycles. The SMILES string of the molecule is O=C(c1cccc(F)c1)N1CCc2ccccc2C1c1cccnc1. The van der Waals surface area contributed by atoms with Gasteiger partial charge in [-0.05, 0) is 47.4 Å². The van der Waals surface area contributed by atoms with E-state index in [1.54, 1.807) is 24.5 Å². The van der Waals surface area contributed by atoms with Gasteiger partial charge >= 0.3 is 0 Å². The summed E-state index contributed by atoms with van der Waals surface area (Å²) in [7, 11) is 0. The molecule has 4 rings (SSSR count). The Kier molecular flexibility index (Phi) is 4.02. The predicted molar refractivity (Wildman–Crippen MR) is 93.7 cm³/mol. The fourth-order valence-electron chi connectivity index (χ4n) is 3.47. The van der Waals surface area contributed by atoms with Crippen LogP contribution in [0.3, 0.4) is 0 Å².